The van der Waals surface area contributed by atoms with Crippen molar-refractivity contribution in [1.29, 1.82) is 0 Å². The zero-order valence-electron chi connectivity index (χ0n) is 20.4. The fourth-order valence-electron chi connectivity index (χ4n) is 4.21. The van der Waals surface area contributed by atoms with Gasteiger partial charge in [0, 0.05) is 29.4 Å². The third-order valence-electron chi connectivity index (χ3n) is 6.13. The number of amides is 1. The second-order valence-corrected chi connectivity index (χ2v) is 8.67. The van der Waals surface area contributed by atoms with Gasteiger partial charge in [0.25, 0.3) is 5.91 Å². The van der Waals surface area contributed by atoms with Gasteiger partial charge < -0.3 is 9.64 Å². The molecule has 1 heterocycles. The molecule has 0 N–H and O–H groups in total. The number of ether oxygens (including phenoxy) is 1. The number of halogens is 1. The van der Waals surface area contributed by atoms with Crippen LogP contribution < -0.4 is 4.74 Å². The van der Waals surface area contributed by atoms with Gasteiger partial charge >= 0.3 is 0 Å². The summed E-state index contributed by atoms with van der Waals surface area (Å²) in [6.45, 7) is 0.645. The van der Waals surface area contributed by atoms with E-state index in [4.69, 9.17) is 9.84 Å². The summed E-state index contributed by atoms with van der Waals surface area (Å²) in [5.41, 5.74) is 4.93. The predicted molar refractivity (Wildman–Crippen MR) is 142 cm³/mol. The van der Waals surface area contributed by atoms with Gasteiger partial charge in [0.2, 0.25) is 0 Å². The zero-order valence-corrected chi connectivity index (χ0v) is 20.4. The standard InChI is InChI=1S/C31H26FN3O2/c1-37-29-18-14-24(15-19-29)30-26(22-35(33-30)28-10-6-3-7-11-28)21-34(20-23-12-16-27(32)17-13-23)31(36)25-8-4-2-5-9-25/h2-19,22H,20-21H2,1H3. The molecule has 0 aliphatic carbocycles. The molecular formula is C31H26FN3O2. The van der Waals surface area contributed by atoms with E-state index in [1.54, 1.807) is 36.3 Å². The van der Waals surface area contributed by atoms with Crippen molar-refractivity contribution >= 4 is 5.91 Å². The third-order valence-corrected chi connectivity index (χ3v) is 6.13. The van der Waals surface area contributed by atoms with Crippen LogP contribution in [-0.4, -0.2) is 27.7 Å². The van der Waals surface area contributed by atoms with Gasteiger partial charge in [0.1, 0.15) is 11.6 Å². The highest BCUT2D eigenvalue weighted by Gasteiger charge is 2.21. The lowest BCUT2D eigenvalue weighted by Crippen LogP contribution is -2.30. The van der Waals surface area contributed by atoms with Crippen LogP contribution >= 0.6 is 0 Å². The average Bonchev–Trinajstić information content (AvgIpc) is 3.38. The largest absolute Gasteiger partial charge is 0.497 e. The number of carbonyl (C=O) groups is 1. The lowest BCUT2D eigenvalue weighted by molar-refractivity contribution is 0.0730. The van der Waals surface area contributed by atoms with E-state index in [2.05, 4.69) is 0 Å². The van der Waals surface area contributed by atoms with Crippen LogP contribution in [0.15, 0.2) is 115 Å². The van der Waals surface area contributed by atoms with Crippen molar-refractivity contribution in [3.05, 3.63) is 138 Å². The van der Waals surface area contributed by atoms with Crippen molar-refractivity contribution in [3.8, 4) is 22.7 Å². The monoisotopic (exact) mass is 491 g/mol. The maximum atomic E-state index is 13.6. The Morgan fingerprint density at radius 1 is 0.838 bits per heavy atom. The van der Waals surface area contributed by atoms with Crippen LogP contribution in [0.1, 0.15) is 21.5 Å². The molecule has 0 bridgehead atoms. The molecule has 37 heavy (non-hydrogen) atoms. The van der Waals surface area contributed by atoms with Crippen LogP contribution in [-0.2, 0) is 13.1 Å². The first-order chi connectivity index (χ1) is 18.1. The number of benzene rings is 4. The predicted octanol–water partition coefficient (Wildman–Crippen LogP) is 6.53. The quantitative estimate of drug-likeness (QED) is 0.248. The highest BCUT2D eigenvalue weighted by atomic mass is 19.1. The molecule has 6 heteroatoms. The summed E-state index contributed by atoms with van der Waals surface area (Å²) in [5.74, 6) is 0.332. The van der Waals surface area contributed by atoms with Gasteiger partial charge in [0.15, 0.2) is 0 Å². The molecule has 0 spiro atoms. The van der Waals surface area contributed by atoms with Crippen LogP contribution in [0.3, 0.4) is 0 Å². The number of rotatable bonds is 8. The molecule has 0 saturated carbocycles. The van der Waals surface area contributed by atoms with Crippen LogP contribution in [0.4, 0.5) is 4.39 Å². The number of carbonyl (C=O) groups excluding carboxylic acids is 1. The van der Waals surface area contributed by atoms with E-state index in [0.29, 0.717) is 18.7 Å². The summed E-state index contributed by atoms with van der Waals surface area (Å²) >= 11 is 0. The van der Waals surface area contributed by atoms with E-state index in [0.717, 1.165) is 33.8 Å². The Labute approximate surface area is 215 Å². The molecule has 0 aliphatic heterocycles. The first-order valence-corrected chi connectivity index (χ1v) is 12.0. The Morgan fingerprint density at radius 3 is 2.14 bits per heavy atom. The van der Waals surface area contributed by atoms with Crippen LogP contribution in [0.5, 0.6) is 5.75 Å². The lowest BCUT2D eigenvalue weighted by atomic mass is 10.1. The van der Waals surface area contributed by atoms with Crippen molar-refractivity contribution in [1.82, 2.24) is 14.7 Å². The van der Waals surface area contributed by atoms with Gasteiger partial charge in [-0.05, 0) is 66.2 Å². The van der Waals surface area contributed by atoms with E-state index in [9.17, 15) is 9.18 Å². The normalized spacial score (nSPS) is 10.8. The molecule has 5 rings (SSSR count). The van der Waals surface area contributed by atoms with Gasteiger partial charge in [-0.2, -0.15) is 5.10 Å². The van der Waals surface area contributed by atoms with Gasteiger partial charge in [-0.25, -0.2) is 9.07 Å². The molecule has 0 radical (unpaired) electrons. The highest BCUT2D eigenvalue weighted by molar-refractivity contribution is 5.94. The van der Waals surface area contributed by atoms with Crippen molar-refractivity contribution in [3.63, 3.8) is 0 Å². The molecule has 4 aromatic carbocycles. The molecule has 0 fully saturated rings. The first-order valence-electron chi connectivity index (χ1n) is 12.0. The van der Waals surface area contributed by atoms with Crippen molar-refractivity contribution in [2.24, 2.45) is 0 Å². The summed E-state index contributed by atoms with van der Waals surface area (Å²) in [6, 6.07) is 33.0. The summed E-state index contributed by atoms with van der Waals surface area (Å²) in [7, 11) is 1.63. The summed E-state index contributed by atoms with van der Waals surface area (Å²) in [4.78, 5) is 15.4. The Hall–Kier alpha value is -4.71. The van der Waals surface area contributed by atoms with E-state index < -0.39 is 0 Å². The van der Waals surface area contributed by atoms with Gasteiger partial charge in [-0.15, -0.1) is 0 Å². The van der Waals surface area contributed by atoms with Crippen molar-refractivity contribution in [2.75, 3.05) is 7.11 Å². The summed E-state index contributed by atoms with van der Waals surface area (Å²) in [5, 5.41) is 4.90. The van der Waals surface area contributed by atoms with Crippen LogP contribution in [0, 0.1) is 5.82 Å². The number of hydrogen-bond acceptors (Lipinski definition) is 3. The Bertz CT molecular complexity index is 1470. The second-order valence-electron chi connectivity index (χ2n) is 8.67. The maximum Gasteiger partial charge on any atom is 0.254 e. The molecule has 1 amide bonds. The molecule has 0 saturated heterocycles. The van der Waals surface area contributed by atoms with Gasteiger partial charge in [-0.3, -0.25) is 4.79 Å². The number of aromatic nitrogens is 2. The van der Waals surface area contributed by atoms with Crippen molar-refractivity contribution in [2.45, 2.75) is 13.1 Å². The summed E-state index contributed by atoms with van der Waals surface area (Å²) in [6.07, 6.45) is 1.96. The smallest absolute Gasteiger partial charge is 0.254 e. The zero-order chi connectivity index (χ0) is 25.6. The number of nitrogens with zero attached hydrogens (tertiary/aromatic N) is 3. The molecular weight excluding hydrogens is 465 g/mol. The highest BCUT2D eigenvalue weighted by Crippen LogP contribution is 2.28. The summed E-state index contributed by atoms with van der Waals surface area (Å²) < 4.78 is 20.7. The number of methoxy groups -OCH3 is 1. The Balaban J connectivity index is 1.55. The van der Waals surface area contributed by atoms with Crippen LogP contribution in [0.25, 0.3) is 16.9 Å². The van der Waals surface area contributed by atoms with E-state index in [1.165, 1.54) is 12.1 Å². The van der Waals surface area contributed by atoms with Gasteiger partial charge in [-0.1, -0.05) is 48.5 Å². The molecule has 5 aromatic rings. The third kappa shape index (κ3) is 5.59. The molecule has 0 aliphatic rings. The Morgan fingerprint density at radius 2 is 1.49 bits per heavy atom. The second kappa shape index (κ2) is 10.9. The first kappa shape index (κ1) is 24.0. The SMILES string of the molecule is COc1ccc(-c2nn(-c3ccccc3)cc2CN(Cc2ccc(F)cc2)C(=O)c2ccccc2)cc1. The van der Waals surface area contributed by atoms with Crippen molar-refractivity contribution < 1.29 is 13.9 Å². The molecule has 1 aromatic heterocycles. The van der Waals surface area contributed by atoms with E-state index in [1.807, 2.05) is 83.7 Å². The lowest BCUT2D eigenvalue weighted by Gasteiger charge is -2.23. The number of para-hydroxylation sites is 1. The minimum atomic E-state index is -0.310. The topological polar surface area (TPSA) is 47.4 Å². The number of hydrogen-bond donors (Lipinski definition) is 0. The molecule has 0 atom stereocenters. The minimum absolute atomic E-state index is 0.113. The van der Waals surface area contributed by atoms with Crippen LogP contribution in [0.2, 0.25) is 0 Å². The molecule has 184 valence electrons. The minimum Gasteiger partial charge on any atom is -0.497 e. The fourth-order valence-corrected chi connectivity index (χ4v) is 4.21. The average molecular weight is 492 g/mol. The van der Waals surface area contributed by atoms with E-state index in [-0.39, 0.29) is 11.7 Å². The maximum absolute atomic E-state index is 13.6. The molecule has 0 unspecified atom stereocenters. The fraction of sp³-hybridized carbons (Fsp3) is 0.0968. The van der Waals surface area contributed by atoms with E-state index >= 15 is 0 Å². The van der Waals surface area contributed by atoms with Gasteiger partial charge in [0.05, 0.1) is 25.0 Å². The molecule has 5 nitrogen and oxygen atoms in total. The Kier molecular flexibility index (Phi) is 7.08.